The van der Waals surface area contributed by atoms with Gasteiger partial charge in [-0.1, -0.05) is 12.2 Å². The fourth-order valence-corrected chi connectivity index (χ4v) is 1.35. The molecule has 0 aromatic carbocycles. The standard InChI is InChI=1S/C11H16O3/c1-8(2)9(12)4-6-11(3)7-5-10(13)14-11/h5,7,9,12H,1,4,6H2,2-3H3/t9?,11-/m1/s1. The van der Waals surface area contributed by atoms with E-state index in [-0.39, 0.29) is 5.97 Å². The van der Waals surface area contributed by atoms with Crippen molar-refractivity contribution in [2.45, 2.75) is 38.4 Å². The van der Waals surface area contributed by atoms with E-state index in [1.54, 1.807) is 13.0 Å². The van der Waals surface area contributed by atoms with E-state index in [9.17, 15) is 9.90 Å². The molecule has 0 aromatic heterocycles. The van der Waals surface area contributed by atoms with Gasteiger partial charge in [-0.2, -0.15) is 0 Å². The highest BCUT2D eigenvalue weighted by Gasteiger charge is 2.30. The lowest BCUT2D eigenvalue weighted by Gasteiger charge is -2.22. The fourth-order valence-electron chi connectivity index (χ4n) is 1.35. The number of cyclic esters (lactones) is 1. The Bertz CT molecular complexity index is 280. The van der Waals surface area contributed by atoms with Crippen LogP contribution >= 0.6 is 0 Å². The Hall–Kier alpha value is -1.09. The molecule has 3 nitrogen and oxygen atoms in total. The smallest absolute Gasteiger partial charge is 0.331 e. The van der Waals surface area contributed by atoms with E-state index in [1.165, 1.54) is 6.08 Å². The maximum absolute atomic E-state index is 10.8. The van der Waals surface area contributed by atoms with Gasteiger partial charge in [-0.3, -0.25) is 0 Å². The van der Waals surface area contributed by atoms with Gasteiger partial charge in [0.1, 0.15) is 5.60 Å². The number of aliphatic hydroxyl groups is 1. The van der Waals surface area contributed by atoms with Crippen LogP contribution in [-0.4, -0.2) is 22.8 Å². The molecule has 0 aromatic rings. The number of hydrogen-bond acceptors (Lipinski definition) is 3. The minimum Gasteiger partial charge on any atom is -0.452 e. The number of aliphatic hydroxyl groups excluding tert-OH is 1. The lowest BCUT2D eigenvalue weighted by molar-refractivity contribution is -0.145. The van der Waals surface area contributed by atoms with E-state index in [2.05, 4.69) is 6.58 Å². The molecule has 1 unspecified atom stereocenters. The summed E-state index contributed by atoms with van der Waals surface area (Å²) in [5.74, 6) is -0.308. The van der Waals surface area contributed by atoms with Crippen LogP contribution in [0.1, 0.15) is 26.7 Å². The summed E-state index contributed by atoms with van der Waals surface area (Å²) >= 11 is 0. The third kappa shape index (κ3) is 2.70. The monoisotopic (exact) mass is 196 g/mol. The van der Waals surface area contributed by atoms with E-state index in [0.717, 1.165) is 5.57 Å². The first-order valence-electron chi connectivity index (χ1n) is 4.69. The predicted molar refractivity (Wildman–Crippen MR) is 53.7 cm³/mol. The van der Waals surface area contributed by atoms with Gasteiger partial charge in [0.15, 0.2) is 0 Å². The molecule has 1 aliphatic heterocycles. The van der Waals surface area contributed by atoms with Crippen molar-refractivity contribution >= 4 is 5.97 Å². The molecule has 0 spiro atoms. The molecule has 0 aliphatic carbocycles. The summed E-state index contributed by atoms with van der Waals surface area (Å²) in [5, 5.41) is 9.50. The second-order valence-corrected chi connectivity index (χ2v) is 3.97. The number of esters is 1. The van der Waals surface area contributed by atoms with Crippen LogP contribution in [0.5, 0.6) is 0 Å². The molecule has 1 heterocycles. The zero-order valence-electron chi connectivity index (χ0n) is 8.62. The second-order valence-electron chi connectivity index (χ2n) is 3.97. The summed E-state index contributed by atoms with van der Waals surface area (Å²) < 4.78 is 5.09. The Morgan fingerprint density at radius 3 is 2.86 bits per heavy atom. The molecule has 0 saturated heterocycles. The topological polar surface area (TPSA) is 46.5 Å². The van der Waals surface area contributed by atoms with Crippen molar-refractivity contribution in [2.24, 2.45) is 0 Å². The van der Waals surface area contributed by atoms with Gasteiger partial charge in [0.25, 0.3) is 0 Å². The highest BCUT2D eigenvalue weighted by Crippen LogP contribution is 2.26. The number of hydrogen-bond donors (Lipinski definition) is 1. The van der Waals surface area contributed by atoms with Crippen LogP contribution in [0.15, 0.2) is 24.3 Å². The number of carbonyl (C=O) groups is 1. The number of rotatable bonds is 4. The molecule has 0 radical (unpaired) electrons. The molecule has 2 atom stereocenters. The molecule has 0 amide bonds. The predicted octanol–water partition coefficient (Wildman–Crippen LogP) is 1.58. The zero-order valence-corrected chi connectivity index (χ0v) is 8.62. The normalized spacial score (nSPS) is 27.5. The first-order valence-corrected chi connectivity index (χ1v) is 4.69. The third-order valence-corrected chi connectivity index (χ3v) is 2.39. The van der Waals surface area contributed by atoms with E-state index in [0.29, 0.717) is 12.8 Å². The Morgan fingerprint density at radius 2 is 2.43 bits per heavy atom. The summed E-state index contributed by atoms with van der Waals surface area (Å²) in [4.78, 5) is 10.8. The third-order valence-electron chi connectivity index (χ3n) is 2.39. The van der Waals surface area contributed by atoms with Gasteiger partial charge >= 0.3 is 5.97 Å². The molecular formula is C11H16O3. The van der Waals surface area contributed by atoms with E-state index in [1.807, 2.05) is 6.92 Å². The van der Waals surface area contributed by atoms with Gasteiger partial charge in [0.05, 0.1) is 6.10 Å². The van der Waals surface area contributed by atoms with Crippen molar-refractivity contribution < 1.29 is 14.6 Å². The summed E-state index contributed by atoms with van der Waals surface area (Å²) in [6.45, 7) is 7.28. The van der Waals surface area contributed by atoms with Gasteiger partial charge in [-0.15, -0.1) is 0 Å². The van der Waals surface area contributed by atoms with Crippen LogP contribution in [0, 0.1) is 0 Å². The van der Waals surface area contributed by atoms with Crippen LogP contribution in [0.4, 0.5) is 0 Å². The van der Waals surface area contributed by atoms with Crippen LogP contribution in [0.3, 0.4) is 0 Å². The number of ether oxygens (including phenoxy) is 1. The highest BCUT2D eigenvalue weighted by molar-refractivity contribution is 5.85. The first kappa shape index (κ1) is 11.0. The quantitative estimate of drug-likeness (QED) is 0.548. The lowest BCUT2D eigenvalue weighted by Crippen LogP contribution is -2.25. The maximum atomic E-state index is 10.8. The SMILES string of the molecule is C=C(C)C(O)CC[C@]1(C)C=CC(=O)O1. The molecule has 78 valence electrons. The molecule has 0 fully saturated rings. The Balaban J connectivity index is 2.42. The molecule has 3 heteroatoms. The van der Waals surface area contributed by atoms with Crippen LogP contribution < -0.4 is 0 Å². The van der Waals surface area contributed by atoms with Gasteiger partial charge < -0.3 is 9.84 Å². The molecule has 0 bridgehead atoms. The van der Waals surface area contributed by atoms with Crippen molar-refractivity contribution in [3.05, 3.63) is 24.3 Å². The summed E-state index contributed by atoms with van der Waals surface area (Å²) in [7, 11) is 0. The van der Waals surface area contributed by atoms with Gasteiger partial charge in [0, 0.05) is 6.08 Å². The Labute approximate surface area is 84.1 Å². The largest absolute Gasteiger partial charge is 0.452 e. The fraction of sp³-hybridized carbons (Fsp3) is 0.545. The lowest BCUT2D eigenvalue weighted by atomic mass is 9.96. The average Bonchev–Trinajstić information content (AvgIpc) is 2.43. The average molecular weight is 196 g/mol. The van der Waals surface area contributed by atoms with Crippen molar-refractivity contribution in [3.63, 3.8) is 0 Å². The first-order chi connectivity index (χ1) is 6.43. The summed E-state index contributed by atoms with van der Waals surface area (Å²) in [6.07, 6.45) is 3.82. The molecule has 0 saturated carbocycles. The molecule has 1 N–H and O–H groups in total. The second kappa shape index (κ2) is 3.96. The van der Waals surface area contributed by atoms with Crippen molar-refractivity contribution in [1.29, 1.82) is 0 Å². The van der Waals surface area contributed by atoms with Crippen molar-refractivity contribution in [3.8, 4) is 0 Å². The zero-order chi connectivity index (χ0) is 10.8. The van der Waals surface area contributed by atoms with Crippen LogP contribution in [-0.2, 0) is 9.53 Å². The van der Waals surface area contributed by atoms with Crippen LogP contribution in [0.2, 0.25) is 0 Å². The van der Waals surface area contributed by atoms with Crippen LogP contribution in [0.25, 0.3) is 0 Å². The molecular weight excluding hydrogens is 180 g/mol. The summed E-state index contributed by atoms with van der Waals surface area (Å²) in [5.41, 5.74) is 0.190. The van der Waals surface area contributed by atoms with Crippen molar-refractivity contribution in [1.82, 2.24) is 0 Å². The molecule has 14 heavy (non-hydrogen) atoms. The summed E-state index contributed by atoms with van der Waals surface area (Å²) in [6, 6.07) is 0. The molecule has 1 rings (SSSR count). The van der Waals surface area contributed by atoms with E-state index < -0.39 is 11.7 Å². The highest BCUT2D eigenvalue weighted by atomic mass is 16.6. The van der Waals surface area contributed by atoms with E-state index in [4.69, 9.17) is 4.74 Å². The maximum Gasteiger partial charge on any atom is 0.331 e. The van der Waals surface area contributed by atoms with E-state index >= 15 is 0 Å². The van der Waals surface area contributed by atoms with Crippen molar-refractivity contribution in [2.75, 3.05) is 0 Å². The van der Waals surface area contributed by atoms with Gasteiger partial charge in [-0.05, 0) is 32.8 Å². The minimum atomic E-state index is -0.548. The Morgan fingerprint density at radius 1 is 1.79 bits per heavy atom. The Kier molecular flexibility index (Phi) is 3.11. The van der Waals surface area contributed by atoms with Gasteiger partial charge in [0.2, 0.25) is 0 Å². The molecule has 1 aliphatic rings. The van der Waals surface area contributed by atoms with Gasteiger partial charge in [-0.25, -0.2) is 4.79 Å². The minimum absolute atomic E-state index is 0.308. The number of carbonyl (C=O) groups excluding carboxylic acids is 1.